The van der Waals surface area contributed by atoms with Crippen LogP contribution in [0, 0.1) is 0 Å². The first-order valence-corrected chi connectivity index (χ1v) is 4.99. The average Bonchev–Trinajstić information content (AvgIpc) is 2.28. The Morgan fingerprint density at radius 1 is 1.40 bits per heavy atom. The number of nitrogens with zero attached hydrogens (tertiary/aromatic N) is 2. The van der Waals surface area contributed by atoms with Gasteiger partial charge in [-0.3, -0.25) is 0 Å². The van der Waals surface area contributed by atoms with Crippen molar-refractivity contribution in [2.75, 3.05) is 27.4 Å². The summed E-state index contributed by atoms with van der Waals surface area (Å²) < 4.78 is 15.7. The highest BCUT2D eigenvalue weighted by Crippen LogP contribution is 2.02. The van der Waals surface area contributed by atoms with E-state index in [1.54, 1.807) is 14.2 Å². The molecular formula is C10H20N2O3. The number of amidine groups is 1. The molecular weight excluding hydrogens is 196 g/mol. The lowest BCUT2D eigenvalue weighted by Gasteiger charge is -2.15. The fourth-order valence-electron chi connectivity index (χ4n) is 0.998. The van der Waals surface area contributed by atoms with Gasteiger partial charge in [0.15, 0.2) is 6.29 Å². The first kappa shape index (κ1) is 14.1. The van der Waals surface area contributed by atoms with Crippen molar-refractivity contribution >= 4 is 12.7 Å². The number of rotatable bonds is 7. The Morgan fingerprint density at radius 2 is 2.13 bits per heavy atom. The molecule has 0 rings (SSSR count). The molecule has 0 heterocycles. The molecule has 15 heavy (non-hydrogen) atoms. The number of methoxy groups -OCH3 is 1. The van der Waals surface area contributed by atoms with Crippen molar-refractivity contribution in [3.8, 4) is 0 Å². The van der Waals surface area contributed by atoms with Gasteiger partial charge in [-0.15, -0.1) is 0 Å². The number of aliphatic imine (C=N–C) groups is 2. The molecule has 0 spiro atoms. The maximum atomic E-state index is 5.41. The quantitative estimate of drug-likeness (QED) is 0.280. The van der Waals surface area contributed by atoms with Gasteiger partial charge >= 0.3 is 6.02 Å². The van der Waals surface area contributed by atoms with Crippen LogP contribution in [0.25, 0.3) is 0 Å². The molecule has 1 atom stereocenters. The van der Waals surface area contributed by atoms with E-state index in [4.69, 9.17) is 14.2 Å². The van der Waals surface area contributed by atoms with Crippen LogP contribution in [0.3, 0.4) is 0 Å². The highest BCUT2D eigenvalue weighted by molar-refractivity contribution is 5.78. The molecule has 0 fully saturated rings. The van der Waals surface area contributed by atoms with E-state index >= 15 is 0 Å². The number of ether oxygens (including phenoxy) is 3. The monoisotopic (exact) mass is 216 g/mol. The molecule has 5 heteroatoms. The van der Waals surface area contributed by atoms with Crippen LogP contribution in [0.15, 0.2) is 9.98 Å². The molecule has 0 aromatic heterocycles. The first-order valence-electron chi connectivity index (χ1n) is 4.99. The minimum atomic E-state index is -0.155. The third-order valence-corrected chi connectivity index (χ3v) is 1.73. The normalized spacial score (nSPS) is 13.7. The molecule has 0 amide bonds. The maximum absolute atomic E-state index is 5.41. The lowest BCUT2D eigenvalue weighted by Crippen LogP contribution is -2.18. The fraction of sp³-hybridized carbons (Fsp3) is 0.800. The van der Waals surface area contributed by atoms with Crippen molar-refractivity contribution in [3.05, 3.63) is 0 Å². The van der Waals surface area contributed by atoms with E-state index in [2.05, 4.69) is 23.6 Å². The molecule has 0 aromatic carbocycles. The van der Waals surface area contributed by atoms with Gasteiger partial charge in [0.2, 0.25) is 0 Å². The van der Waals surface area contributed by atoms with Crippen molar-refractivity contribution < 1.29 is 14.2 Å². The van der Waals surface area contributed by atoms with Gasteiger partial charge in [-0.25, -0.2) is 9.98 Å². The molecule has 5 nitrogen and oxygen atoms in total. The Kier molecular flexibility index (Phi) is 9.01. The zero-order valence-electron chi connectivity index (χ0n) is 9.73. The Morgan fingerprint density at radius 3 is 2.60 bits per heavy atom. The molecule has 0 bridgehead atoms. The Hall–Kier alpha value is -0.940. The number of hydrogen-bond donors (Lipinski definition) is 0. The molecule has 0 saturated heterocycles. The van der Waals surface area contributed by atoms with Gasteiger partial charge in [-0.2, -0.15) is 0 Å². The molecule has 0 N–H and O–H groups in total. The summed E-state index contributed by atoms with van der Waals surface area (Å²) in [6, 6.07) is 0.281. The second-order valence-corrected chi connectivity index (χ2v) is 2.84. The molecule has 0 aromatic rings. The second-order valence-electron chi connectivity index (χ2n) is 2.84. The molecule has 88 valence electrons. The van der Waals surface area contributed by atoms with Crippen LogP contribution in [-0.4, -0.2) is 46.4 Å². The fourth-order valence-corrected chi connectivity index (χ4v) is 0.998. The van der Waals surface area contributed by atoms with Gasteiger partial charge < -0.3 is 14.2 Å². The van der Waals surface area contributed by atoms with Gasteiger partial charge in [0.25, 0.3) is 0 Å². The van der Waals surface area contributed by atoms with Gasteiger partial charge in [0.05, 0.1) is 6.61 Å². The van der Waals surface area contributed by atoms with Crippen molar-refractivity contribution in [2.45, 2.75) is 26.1 Å². The zero-order chi connectivity index (χ0) is 11.5. The third-order valence-electron chi connectivity index (χ3n) is 1.73. The lowest BCUT2D eigenvalue weighted by atomic mass is 10.3. The number of hydrogen-bond acceptors (Lipinski definition) is 4. The molecule has 0 aliphatic heterocycles. The van der Waals surface area contributed by atoms with E-state index in [0.717, 1.165) is 12.8 Å². The largest absolute Gasteiger partial charge is 0.461 e. The van der Waals surface area contributed by atoms with Gasteiger partial charge in [0.1, 0.15) is 6.61 Å². The molecule has 0 saturated carbocycles. The predicted octanol–water partition coefficient (Wildman–Crippen LogP) is 1.48. The van der Waals surface area contributed by atoms with E-state index in [0.29, 0.717) is 13.2 Å². The summed E-state index contributed by atoms with van der Waals surface area (Å²) in [5, 5.41) is 0. The second kappa shape index (κ2) is 9.61. The van der Waals surface area contributed by atoms with Crippen LogP contribution in [0.5, 0.6) is 0 Å². The molecule has 0 aliphatic rings. The van der Waals surface area contributed by atoms with E-state index in [1.807, 2.05) is 0 Å². The summed E-state index contributed by atoms with van der Waals surface area (Å²) in [6.07, 6.45) is 1.75. The maximum Gasteiger partial charge on any atom is 0.310 e. The van der Waals surface area contributed by atoms with Crippen LogP contribution in [0.1, 0.15) is 19.8 Å². The highest BCUT2D eigenvalue weighted by Gasteiger charge is 2.05. The van der Waals surface area contributed by atoms with Crippen molar-refractivity contribution in [2.24, 2.45) is 9.98 Å². The minimum Gasteiger partial charge on any atom is -0.461 e. The zero-order valence-corrected chi connectivity index (χ0v) is 9.73. The highest BCUT2D eigenvalue weighted by atomic mass is 16.7. The average molecular weight is 216 g/mol. The summed E-state index contributed by atoms with van der Waals surface area (Å²) in [4.78, 5) is 7.33. The summed E-state index contributed by atoms with van der Waals surface area (Å²) in [7, 11) is 3.23. The van der Waals surface area contributed by atoms with E-state index < -0.39 is 0 Å². The van der Waals surface area contributed by atoms with Crippen molar-refractivity contribution in [3.63, 3.8) is 0 Å². The SMILES string of the molecule is C=NC(=NC)OCCOC(CCC)OC. The summed E-state index contributed by atoms with van der Waals surface area (Å²) in [5.74, 6) is 0. The van der Waals surface area contributed by atoms with E-state index in [9.17, 15) is 0 Å². The van der Waals surface area contributed by atoms with Crippen molar-refractivity contribution in [1.82, 2.24) is 0 Å². The molecule has 1 unspecified atom stereocenters. The third kappa shape index (κ3) is 7.04. The summed E-state index contributed by atoms with van der Waals surface area (Å²) in [6.45, 7) is 6.25. The summed E-state index contributed by atoms with van der Waals surface area (Å²) in [5.41, 5.74) is 0. The van der Waals surface area contributed by atoms with E-state index in [-0.39, 0.29) is 12.3 Å². The lowest BCUT2D eigenvalue weighted by molar-refractivity contribution is -0.132. The smallest absolute Gasteiger partial charge is 0.310 e. The van der Waals surface area contributed by atoms with Crippen LogP contribution in [-0.2, 0) is 14.2 Å². The first-order chi connectivity index (χ1) is 7.28. The Labute approximate surface area is 91.2 Å². The topological polar surface area (TPSA) is 52.4 Å². The Bertz CT molecular complexity index is 195. The summed E-state index contributed by atoms with van der Waals surface area (Å²) >= 11 is 0. The standard InChI is InChI=1S/C10H20N2O3/c1-5-6-9(13-4)14-7-8-15-10(11-2)12-3/h9H,2,5-8H2,1,3-4H3. The van der Waals surface area contributed by atoms with Crippen LogP contribution in [0.2, 0.25) is 0 Å². The van der Waals surface area contributed by atoms with Crippen molar-refractivity contribution in [1.29, 1.82) is 0 Å². The van der Waals surface area contributed by atoms with Gasteiger partial charge in [-0.05, 0) is 13.1 Å². The predicted molar refractivity (Wildman–Crippen MR) is 60.5 cm³/mol. The van der Waals surface area contributed by atoms with Crippen LogP contribution in [0.4, 0.5) is 0 Å². The van der Waals surface area contributed by atoms with Gasteiger partial charge in [-0.1, -0.05) is 13.3 Å². The van der Waals surface area contributed by atoms with Crippen LogP contribution >= 0.6 is 0 Å². The molecule has 0 radical (unpaired) electrons. The minimum absolute atomic E-state index is 0.155. The Balaban J connectivity index is 3.55. The van der Waals surface area contributed by atoms with Gasteiger partial charge in [0, 0.05) is 14.2 Å². The van der Waals surface area contributed by atoms with E-state index in [1.165, 1.54) is 0 Å². The molecule has 0 aliphatic carbocycles. The van der Waals surface area contributed by atoms with Crippen LogP contribution < -0.4 is 0 Å².